The molecule has 0 heterocycles. The van der Waals surface area contributed by atoms with Gasteiger partial charge in [-0.25, -0.2) is 4.39 Å². The molecule has 2 rings (SSSR count). The van der Waals surface area contributed by atoms with Gasteiger partial charge in [0.25, 0.3) is 0 Å². The number of ketones is 1. The lowest BCUT2D eigenvalue weighted by molar-refractivity contribution is 0.103. The van der Waals surface area contributed by atoms with Crippen molar-refractivity contribution < 1.29 is 9.18 Å². The molecule has 92 valence electrons. The van der Waals surface area contributed by atoms with E-state index in [4.69, 9.17) is 17.3 Å². The van der Waals surface area contributed by atoms with Crippen molar-refractivity contribution >= 4 is 39.0 Å². The fraction of sp³-hybridized carbons (Fsp3) is 0. The van der Waals surface area contributed by atoms with Gasteiger partial charge in [-0.05, 0) is 40.2 Å². The summed E-state index contributed by atoms with van der Waals surface area (Å²) in [5.74, 6) is -1.03. The number of hydrogen-bond acceptors (Lipinski definition) is 2. The Labute approximate surface area is 117 Å². The van der Waals surface area contributed by atoms with Crippen molar-refractivity contribution in [2.24, 2.45) is 0 Å². The third-order valence-electron chi connectivity index (χ3n) is 2.49. The van der Waals surface area contributed by atoms with Crippen LogP contribution in [0.25, 0.3) is 0 Å². The number of nitrogen functional groups attached to an aromatic ring is 1. The SMILES string of the molecule is Nc1c(F)cccc1C(=O)c1c(Cl)cccc1Br. The second-order valence-electron chi connectivity index (χ2n) is 3.63. The largest absolute Gasteiger partial charge is 0.396 e. The van der Waals surface area contributed by atoms with E-state index in [1.54, 1.807) is 18.2 Å². The highest BCUT2D eigenvalue weighted by atomic mass is 79.9. The average Bonchev–Trinajstić information content (AvgIpc) is 2.32. The monoisotopic (exact) mass is 327 g/mol. The lowest BCUT2D eigenvalue weighted by Gasteiger charge is -2.08. The number of para-hydroxylation sites is 1. The van der Waals surface area contributed by atoms with Gasteiger partial charge in [0, 0.05) is 10.0 Å². The number of carbonyl (C=O) groups excluding carboxylic acids is 1. The molecule has 0 bridgehead atoms. The van der Waals surface area contributed by atoms with Crippen LogP contribution in [-0.2, 0) is 0 Å². The van der Waals surface area contributed by atoms with Gasteiger partial charge in [0.05, 0.1) is 16.3 Å². The predicted octanol–water partition coefficient (Wildman–Crippen LogP) is 4.05. The van der Waals surface area contributed by atoms with E-state index in [-0.39, 0.29) is 21.8 Å². The topological polar surface area (TPSA) is 43.1 Å². The van der Waals surface area contributed by atoms with Crippen molar-refractivity contribution in [3.8, 4) is 0 Å². The summed E-state index contributed by atoms with van der Waals surface area (Å²) in [6, 6.07) is 9.09. The maximum atomic E-state index is 13.3. The van der Waals surface area contributed by atoms with Gasteiger partial charge in [0.15, 0.2) is 5.78 Å². The zero-order valence-electron chi connectivity index (χ0n) is 9.08. The molecule has 0 aromatic heterocycles. The van der Waals surface area contributed by atoms with Crippen LogP contribution < -0.4 is 5.73 Å². The third kappa shape index (κ3) is 2.26. The first-order valence-corrected chi connectivity index (χ1v) is 6.22. The van der Waals surface area contributed by atoms with Crippen LogP contribution in [0.4, 0.5) is 10.1 Å². The molecule has 2 N–H and O–H groups in total. The molecular weight excluding hydrogens is 321 g/mol. The van der Waals surface area contributed by atoms with Gasteiger partial charge in [0.1, 0.15) is 5.82 Å². The molecule has 0 atom stereocenters. The van der Waals surface area contributed by atoms with Crippen LogP contribution in [0.3, 0.4) is 0 Å². The van der Waals surface area contributed by atoms with E-state index < -0.39 is 11.6 Å². The molecule has 2 aromatic rings. The number of carbonyl (C=O) groups is 1. The summed E-state index contributed by atoms with van der Waals surface area (Å²) in [5.41, 5.74) is 5.77. The molecule has 2 aromatic carbocycles. The highest BCUT2D eigenvalue weighted by Gasteiger charge is 2.19. The molecule has 0 spiro atoms. The average molecular weight is 329 g/mol. The lowest BCUT2D eigenvalue weighted by atomic mass is 10.0. The Morgan fingerprint density at radius 2 is 1.89 bits per heavy atom. The molecule has 0 aliphatic rings. The summed E-state index contributed by atoms with van der Waals surface area (Å²) in [4.78, 5) is 12.3. The van der Waals surface area contributed by atoms with E-state index in [2.05, 4.69) is 15.9 Å². The molecule has 2 nitrogen and oxygen atoms in total. The van der Waals surface area contributed by atoms with Gasteiger partial charge in [-0.2, -0.15) is 0 Å². The van der Waals surface area contributed by atoms with Crippen molar-refractivity contribution in [3.63, 3.8) is 0 Å². The van der Waals surface area contributed by atoms with E-state index >= 15 is 0 Å². The van der Waals surface area contributed by atoms with Crippen LogP contribution in [0.1, 0.15) is 15.9 Å². The normalized spacial score (nSPS) is 10.4. The molecule has 0 aliphatic carbocycles. The highest BCUT2D eigenvalue weighted by Crippen LogP contribution is 2.29. The van der Waals surface area contributed by atoms with Gasteiger partial charge >= 0.3 is 0 Å². The second-order valence-corrected chi connectivity index (χ2v) is 4.89. The zero-order chi connectivity index (χ0) is 13.3. The molecule has 0 radical (unpaired) electrons. The van der Waals surface area contributed by atoms with E-state index in [9.17, 15) is 9.18 Å². The van der Waals surface area contributed by atoms with Crippen molar-refractivity contribution in [2.75, 3.05) is 5.73 Å². The van der Waals surface area contributed by atoms with E-state index in [0.29, 0.717) is 4.47 Å². The molecule has 18 heavy (non-hydrogen) atoms. The van der Waals surface area contributed by atoms with Gasteiger partial charge in [-0.15, -0.1) is 0 Å². The van der Waals surface area contributed by atoms with Gasteiger partial charge < -0.3 is 5.73 Å². The molecule has 0 amide bonds. The van der Waals surface area contributed by atoms with Crippen LogP contribution in [-0.4, -0.2) is 5.78 Å². The minimum Gasteiger partial charge on any atom is -0.396 e. The minimum absolute atomic E-state index is 0.101. The number of nitrogens with two attached hydrogens (primary N) is 1. The second kappa shape index (κ2) is 5.08. The Hall–Kier alpha value is -1.39. The Morgan fingerprint density at radius 1 is 1.22 bits per heavy atom. The van der Waals surface area contributed by atoms with E-state index in [0.717, 1.165) is 0 Å². The van der Waals surface area contributed by atoms with Gasteiger partial charge in [-0.1, -0.05) is 23.7 Å². The number of rotatable bonds is 2. The fourth-order valence-electron chi connectivity index (χ4n) is 1.58. The Bertz CT molecular complexity index is 610. The van der Waals surface area contributed by atoms with E-state index in [1.807, 2.05) is 0 Å². The predicted molar refractivity (Wildman–Crippen MR) is 73.4 cm³/mol. The van der Waals surface area contributed by atoms with Crippen molar-refractivity contribution in [2.45, 2.75) is 0 Å². The summed E-state index contributed by atoms with van der Waals surface area (Å²) in [5, 5.41) is 0.290. The van der Waals surface area contributed by atoms with E-state index in [1.165, 1.54) is 18.2 Å². The summed E-state index contributed by atoms with van der Waals surface area (Å²) >= 11 is 9.23. The van der Waals surface area contributed by atoms with Crippen LogP contribution in [0.15, 0.2) is 40.9 Å². The summed E-state index contributed by atoms with van der Waals surface area (Å²) in [6.07, 6.45) is 0. The number of anilines is 1. The first kappa shape index (κ1) is 13.1. The standard InChI is InChI=1S/C13H8BrClFNO/c14-8-4-2-5-9(15)11(8)13(18)7-3-1-6-10(16)12(7)17/h1-6H,17H2. The molecule has 5 heteroatoms. The van der Waals surface area contributed by atoms with Crippen molar-refractivity contribution in [1.29, 1.82) is 0 Å². The first-order chi connectivity index (χ1) is 8.52. The fourth-order valence-corrected chi connectivity index (χ4v) is 2.51. The lowest BCUT2D eigenvalue weighted by Crippen LogP contribution is -2.08. The summed E-state index contributed by atoms with van der Waals surface area (Å²) < 4.78 is 13.9. The smallest absolute Gasteiger partial charge is 0.197 e. The molecule has 0 fully saturated rings. The van der Waals surface area contributed by atoms with Crippen LogP contribution in [0.2, 0.25) is 5.02 Å². The maximum absolute atomic E-state index is 13.3. The van der Waals surface area contributed by atoms with Gasteiger partial charge in [-0.3, -0.25) is 4.79 Å². The molecular formula is C13H8BrClFNO. The number of hydrogen-bond donors (Lipinski definition) is 1. The highest BCUT2D eigenvalue weighted by molar-refractivity contribution is 9.10. The summed E-state index contributed by atoms with van der Waals surface area (Å²) in [6.45, 7) is 0. The van der Waals surface area contributed by atoms with Crippen LogP contribution in [0.5, 0.6) is 0 Å². The quantitative estimate of drug-likeness (QED) is 0.667. The zero-order valence-corrected chi connectivity index (χ0v) is 11.4. The Balaban J connectivity index is 2.59. The number of benzene rings is 2. The van der Waals surface area contributed by atoms with Crippen molar-refractivity contribution in [3.05, 3.63) is 62.8 Å². The molecule has 0 saturated carbocycles. The van der Waals surface area contributed by atoms with Crippen LogP contribution >= 0.6 is 27.5 Å². The minimum atomic E-state index is -0.621. The number of halogens is 3. The van der Waals surface area contributed by atoms with Crippen molar-refractivity contribution in [1.82, 2.24) is 0 Å². The Kier molecular flexibility index (Phi) is 3.68. The molecule has 0 aliphatic heterocycles. The third-order valence-corrected chi connectivity index (χ3v) is 3.46. The molecule has 0 saturated heterocycles. The molecule has 0 unspecified atom stereocenters. The van der Waals surface area contributed by atoms with Crippen LogP contribution in [0, 0.1) is 5.82 Å². The first-order valence-electron chi connectivity index (χ1n) is 5.05. The van der Waals surface area contributed by atoms with Gasteiger partial charge in [0.2, 0.25) is 0 Å². The Morgan fingerprint density at radius 3 is 2.56 bits per heavy atom. The maximum Gasteiger partial charge on any atom is 0.197 e. The summed E-state index contributed by atoms with van der Waals surface area (Å²) in [7, 11) is 0.